The van der Waals surface area contributed by atoms with E-state index < -0.39 is 35.3 Å². The first-order chi connectivity index (χ1) is 10.7. The number of Topliss-reactive ketones (excluding diaryl/α,β-unsaturated/α-hetero) is 1. The maximum Gasteiger partial charge on any atom is 0.449 e. The van der Waals surface area contributed by atoms with Gasteiger partial charge in [0.2, 0.25) is 11.6 Å². The molecule has 1 fully saturated rings. The molecule has 0 bridgehead atoms. The summed E-state index contributed by atoms with van der Waals surface area (Å²) in [5.41, 5.74) is -0.403. The van der Waals surface area contributed by atoms with Crippen molar-refractivity contribution in [3.05, 3.63) is 29.7 Å². The smallest absolute Gasteiger partial charge is 0.381 e. The van der Waals surface area contributed by atoms with Crippen LogP contribution in [0.1, 0.15) is 35.2 Å². The maximum absolute atomic E-state index is 13.9. The number of carbonyl (C=O) groups excluding carboxylic acids is 1. The second kappa shape index (κ2) is 6.69. The van der Waals surface area contributed by atoms with Gasteiger partial charge < -0.3 is 14.2 Å². The number of allylic oxidation sites excluding steroid dienone is 1. The molecule has 0 amide bonds. The second-order valence-electron chi connectivity index (χ2n) is 5.45. The minimum Gasteiger partial charge on any atom is -0.381 e. The van der Waals surface area contributed by atoms with Crippen molar-refractivity contribution in [1.29, 1.82) is 0 Å². The summed E-state index contributed by atoms with van der Waals surface area (Å²) in [6.45, 7) is 0.563. The molecule has 0 spiro atoms. The number of hydrogen-bond donors (Lipinski definition) is 0. The molecule has 0 atom stereocenters. The van der Waals surface area contributed by atoms with Gasteiger partial charge in [0.15, 0.2) is 5.83 Å². The first-order valence-electron chi connectivity index (χ1n) is 7.02. The van der Waals surface area contributed by atoms with Crippen LogP contribution < -0.4 is 0 Å². The molecule has 9 heteroatoms. The fourth-order valence-corrected chi connectivity index (χ4v) is 2.46. The SMILES string of the molecule is CN(C)/C=C(/F)C(=O)c1cnc(C(F)(F)F)n1C1CCOCC1. The molecule has 0 aliphatic carbocycles. The monoisotopic (exact) mass is 335 g/mol. The average molecular weight is 335 g/mol. The van der Waals surface area contributed by atoms with Gasteiger partial charge in [0.05, 0.1) is 6.20 Å². The Kier molecular flexibility index (Phi) is 5.08. The van der Waals surface area contributed by atoms with E-state index in [1.807, 2.05) is 0 Å². The standard InChI is InChI=1S/C14H17F4N3O2/c1-20(2)8-10(15)12(22)11-7-19-13(14(16,17)18)21(11)9-3-5-23-6-4-9/h7-9H,3-6H2,1-2H3/b10-8+. The van der Waals surface area contributed by atoms with Crippen LogP contribution in [0.2, 0.25) is 0 Å². The van der Waals surface area contributed by atoms with Gasteiger partial charge >= 0.3 is 6.18 Å². The predicted octanol–water partition coefficient (Wildman–Crippen LogP) is 2.81. The minimum absolute atomic E-state index is 0.282. The molecule has 23 heavy (non-hydrogen) atoms. The molecule has 0 radical (unpaired) electrons. The third-order valence-corrected chi connectivity index (χ3v) is 3.43. The summed E-state index contributed by atoms with van der Waals surface area (Å²) in [4.78, 5) is 16.8. The fraction of sp³-hybridized carbons (Fsp3) is 0.571. The Morgan fingerprint density at radius 3 is 2.52 bits per heavy atom. The maximum atomic E-state index is 13.9. The minimum atomic E-state index is -4.72. The Labute approximate surface area is 130 Å². The van der Waals surface area contributed by atoms with Crippen LogP contribution in [0.25, 0.3) is 0 Å². The number of carbonyl (C=O) groups is 1. The lowest BCUT2D eigenvalue weighted by molar-refractivity contribution is -0.148. The van der Waals surface area contributed by atoms with E-state index >= 15 is 0 Å². The summed E-state index contributed by atoms with van der Waals surface area (Å²) in [7, 11) is 3.01. The van der Waals surface area contributed by atoms with Crippen LogP contribution in [0.15, 0.2) is 18.2 Å². The molecular formula is C14H17F4N3O2. The summed E-state index contributed by atoms with van der Waals surface area (Å²) in [6.07, 6.45) is -2.42. The molecule has 1 saturated heterocycles. The van der Waals surface area contributed by atoms with Gasteiger partial charge in [-0.25, -0.2) is 9.37 Å². The normalized spacial score (nSPS) is 17.4. The largest absolute Gasteiger partial charge is 0.449 e. The lowest BCUT2D eigenvalue weighted by atomic mass is 10.1. The zero-order chi connectivity index (χ0) is 17.2. The quantitative estimate of drug-likeness (QED) is 0.482. The molecule has 128 valence electrons. The average Bonchev–Trinajstić information content (AvgIpc) is 2.91. The summed E-state index contributed by atoms with van der Waals surface area (Å²) in [5.74, 6) is -3.45. The van der Waals surface area contributed by atoms with Crippen molar-refractivity contribution in [3.63, 3.8) is 0 Å². The van der Waals surface area contributed by atoms with Gasteiger partial charge in [0.1, 0.15) is 5.69 Å². The van der Waals surface area contributed by atoms with E-state index in [4.69, 9.17) is 4.74 Å². The van der Waals surface area contributed by atoms with E-state index in [-0.39, 0.29) is 13.2 Å². The van der Waals surface area contributed by atoms with Crippen LogP contribution in [-0.4, -0.2) is 47.5 Å². The van der Waals surface area contributed by atoms with Crippen molar-refractivity contribution >= 4 is 5.78 Å². The van der Waals surface area contributed by atoms with E-state index in [1.165, 1.54) is 19.0 Å². The van der Waals surface area contributed by atoms with Crippen LogP contribution in [0.5, 0.6) is 0 Å². The number of hydrogen-bond acceptors (Lipinski definition) is 4. The number of halogens is 4. The Bertz CT molecular complexity index is 602. The van der Waals surface area contributed by atoms with Crippen LogP contribution in [0, 0.1) is 0 Å². The summed E-state index contributed by atoms with van der Waals surface area (Å²) in [6, 6.07) is -0.603. The topological polar surface area (TPSA) is 47.4 Å². The predicted molar refractivity (Wildman–Crippen MR) is 73.5 cm³/mol. The van der Waals surface area contributed by atoms with Gasteiger partial charge in [-0.2, -0.15) is 13.2 Å². The zero-order valence-electron chi connectivity index (χ0n) is 12.7. The molecule has 2 rings (SSSR count). The van der Waals surface area contributed by atoms with Gasteiger partial charge in [-0.15, -0.1) is 0 Å². The fourth-order valence-electron chi connectivity index (χ4n) is 2.46. The third-order valence-electron chi connectivity index (χ3n) is 3.43. The number of ketones is 1. The lowest BCUT2D eigenvalue weighted by Gasteiger charge is -2.26. The molecule has 0 N–H and O–H groups in total. The Morgan fingerprint density at radius 2 is 2.00 bits per heavy atom. The van der Waals surface area contributed by atoms with Gasteiger partial charge in [-0.3, -0.25) is 4.79 Å². The molecule has 1 aromatic rings. The number of nitrogens with zero attached hydrogens (tertiary/aromatic N) is 3. The van der Waals surface area contributed by atoms with Crippen LogP contribution in [0.3, 0.4) is 0 Å². The highest BCUT2D eigenvalue weighted by Crippen LogP contribution is 2.34. The van der Waals surface area contributed by atoms with Crippen molar-refractivity contribution in [2.75, 3.05) is 27.3 Å². The van der Waals surface area contributed by atoms with Crippen LogP contribution in [-0.2, 0) is 10.9 Å². The molecule has 1 aliphatic heterocycles. The second-order valence-corrected chi connectivity index (χ2v) is 5.45. The molecular weight excluding hydrogens is 318 g/mol. The summed E-state index contributed by atoms with van der Waals surface area (Å²) >= 11 is 0. The molecule has 2 heterocycles. The van der Waals surface area contributed by atoms with E-state index in [0.717, 1.165) is 17.0 Å². The highest BCUT2D eigenvalue weighted by molar-refractivity contribution is 6.05. The molecule has 1 aromatic heterocycles. The highest BCUT2D eigenvalue weighted by atomic mass is 19.4. The molecule has 0 unspecified atom stereocenters. The van der Waals surface area contributed by atoms with Crippen LogP contribution in [0.4, 0.5) is 17.6 Å². The van der Waals surface area contributed by atoms with Gasteiger partial charge in [0, 0.05) is 39.6 Å². The molecule has 0 aromatic carbocycles. The Balaban J connectivity index is 2.47. The lowest BCUT2D eigenvalue weighted by Crippen LogP contribution is -2.27. The number of imidazole rings is 1. The third kappa shape index (κ3) is 3.90. The molecule has 1 aliphatic rings. The summed E-state index contributed by atoms with van der Waals surface area (Å²) < 4.78 is 59.3. The van der Waals surface area contributed by atoms with Crippen molar-refractivity contribution in [2.24, 2.45) is 0 Å². The Morgan fingerprint density at radius 1 is 1.39 bits per heavy atom. The van der Waals surface area contributed by atoms with Gasteiger partial charge in [0.25, 0.3) is 0 Å². The van der Waals surface area contributed by atoms with E-state index in [2.05, 4.69) is 4.98 Å². The Hall–Kier alpha value is -1.90. The zero-order valence-corrected chi connectivity index (χ0v) is 12.7. The van der Waals surface area contributed by atoms with E-state index in [0.29, 0.717) is 12.8 Å². The van der Waals surface area contributed by atoms with Crippen molar-refractivity contribution in [1.82, 2.24) is 14.5 Å². The van der Waals surface area contributed by atoms with Crippen molar-refractivity contribution in [3.8, 4) is 0 Å². The van der Waals surface area contributed by atoms with Crippen molar-refractivity contribution < 1.29 is 27.1 Å². The summed E-state index contributed by atoms with van der Waals surface area (Å²) in [5, 5.41) is 0. The first kappa shape index (κ1) is 17.5. The first-order valence-corrected chi connectivity index (χ1v) is 7.02. The molecule has 5 nitrogen and oxygen atoms in total. The highest BCUT2D eigenvalue weighted by Gasteiger charge is 2.40. The van der Waals surface area contributed by atoms with Crippen LogP contribution >= 0.6 is 0 Å². The number of alkyl halides is 3. The van der Waals surface area contributed by atoms with E-state index in [9.17, 15) is 22.4 Å². The molecule has 0 saturated carbocycles. The number of ether oxygens (including phenoxy) is 1. The number of aromatic nitrogens is 2. The van der Waals surface area contributed by atoms with Crippen molar-refractivity contribution in [2.45, 2.75) is 25.1 Å². The number of rotatable bonds is 4. The van der Waals surface area contributed by atoms with Gasteiger partial charge in [-0.05, 0) is 12.8 Å². The van der Waals surface area contributed by atoms with E-state index in [1.54, 1.807) is 0 Å². The van der Waals surface area contributed by atoms with Gasteiger partial charge in [-0.1, -0.05) is 0 Å².